The van der Waals surface area contributed by atoms with Gasteiger partial charge in [-0.25, -0.2) is 5.06 Å². The number of hydroxylamine groups is 2. The summed E-state index contributed by atoms with van der Waals surface area (Å²) in [6, 6.07) is 9.49. The number of anilines is 1. The first-order chi connectivity index (χ1) is 11.4. The molecular formula is C16H18N4O4. The second kappa shape index (κ2) is 7.51. The molecule has 1 N–H and O–H groups in total. The van der Waals surface area contributed by atoms with E-state index in [1.54, 1.807) is 12.3 Å². The largest absolute Gasteiger partial charge is 0.371 e. The number of nitro benzene ring substituents is 1. The van der Waals surface area contributed by atoms with E-state index in [1.165, 1.54) is 32.4 Å². The number of hydrogen-bond acceptors (Lipinski definition) is 6. The minimum Gasteiger partial charge on any atom is -0.371 e. The van der Waals surface area contributed by atoms with E-state index >= 15 is 0 Å². The van der Waals surface area contributed by atoms with E-state index in [9.17, 15) is 14.9 Å². The first-order valence-electron chi connectivity index (χ1n) is 7.22. The molecule has 8 nitrogen and oxygen atoms in total. The van der Waals surface area contributed by atoms with Crippen molar-refractivity contribution in [2.24, 2.45) is 0 Å². The summed E-state index contributed by atoms with van der Waals surface area (Å²) < 4.78 is 0. The van der Waals surface area contributed by atoms with Gasteiger partial charge < -0.3 is 5.32 Å². The molecule has 0 aliphatic rings. The number of hydrogen-bond donors (Lipinski definition) is 1. The maximum absolute atomic E-state index is 12.1. The van der Waals surface area contributed by atoms with Gasteiger partial charge in [0.05, 0.1) is 23.8 Å². The lowest BCUT2D eigenvalue weighted by atomic mass is 10.1. The topological polar surface area (TPSA) is 97.6 Å². The zero-order valence-electron chi connectivity index (χ0n) is 13.6. The van der Waals surface area contributed by atoms with Crippen molar-refractivity contribution in [3.05, 3.63) is 64.0 Å². The minimum atomic E-state index is -0.531. The summed E-state index contributed by atoms with van der Waals surface area (Å²) in [6.07, 6.45) is 1.66. The molecule has 0 saturated carbocycles. The van der Waals surface area contributed by atoms with Gasteiger partial charge in [-0.3, -0.25) is 24.7 Å². The third kappa shape index (κ3) is 3.85. The van der Waals surface area contributed by atoms with Crippen LogP contribution in [0.5, 0.6) is 0 Å². The average Bonchev–Trinajstić information content (AvgIpc) is 2.61. The number of amides is 1. The lowest BCUT2D eigenvalue weighted by Gasteiger charge is -2.16. The van der Waals surface area contributed by atoms with E-state index in [-0.39, 0.29) is 17.3 Å². The molecule has 0 aliphatic carbocycles. The minimum absolute atomic E-state index is 0.169. The van der Waals surface area contributed by atoms with Crippen LogP contribution >= 0.6 is 0 Å². The van der Waals surface area contributed by atoms with Crippen LogP contribution in [0.15, 0.2) is 42.6 Å². The second-order valence-corrected chi connectivity index (χ2v) is 5.09. The molecule has 1 unspecified atom stereocenters. The monoisotopic (exact) mass is 330 g/mol. The van der Waals surface area contributed by atoms with Gasteiger partial charge in [0, 0.05) is 24.9 Å². The molecule has 0 fully saturated rings. The van der Waals surface area contributed by atoms with Crippen molar-refractivity contribution in [3.63, 3.8) is 0 Å². The van der Waals surface area contributed by atoms with Gasteiger partial charge in [-0.05, 0) is 31.2 Å². The van der Waals surface area contributed by atoms with Crippen molar-refractivity contribution < 1.29 is 14.6 Å². The second-order valence-electron chi connectivity index (χ2n) is 5.09. The smallest absolute Gasteiger partial charge is 0.293 e. The number of carbonyl (C=O) groups is 1. The van der Waals surface area contributed by atoms with Gasteiger partial charge in [0.15, 0.2) is 0 Å². The predicted octanol–water partition coefficient (Wildman–Crippen LogP) is 2.80. The molecule has 0 bridgehead atoms. The van der Waals surface area contributed by atoms with E-state index in [0.717, 1.165) is 10.8 Å². The summed E-state index contributed by atoms with van der Waals surface area (Å²) >= 11 is 0. The van der Waals surface area contributed by atoms with Crippen LogP contribution in [0, 0.1) is 10.1 Å². The third-order valence-electron chi connectivity index (χ3n) is 3.50. The third-order valence-corrected chi connectivity index (χ3v) is 3.50. The normalized spacial score (nSPS) is 11.6. The van der Waals surface area contributed by atoms with Gasteiger partial charge >= 0.3 is 0 Å². The number of benzene rings is 1. The molecular weight excluding hydrogens is 312 g/mol. The van der Waals surface area contributed by atoms with E-state index in [4.69, 9.17) is 4.84 Å². The lowest BCUT2D eigenvalue weighted by Crippen LogP contribution is -2.25. The highest BCUT2D eigenvalue weighted by Gasteiger charge is 2.21. The maximum Gasteiger partial charge on any atom is 0.293 e. The Hall–Kier alpha value is -3.00. The van der Waals surface area contributed by atoms with Gasteiger partial charge in [-0.2, -0.15) is 0 Å². The summed E-state index contributed by atoms with van der Waals surface area (Å²) in [4.78, 5) is 31.9. The molecule has 0 spiro atoms. The van der Waals surface area contributed by atoms with E-state index < -0.39 is 10.8 Å². The Morgan fingerprint density at radius 2 is 2.12 bits per heavy atom. The number of aromatic nitrogens is 1. The molecule has 8 heteroatoms. The highest BCUT2D eigenvalue weighted by Crippen LogP contribution is 2.29. The Morgan fingerprint density at radius 1 is 1.38 bits per heavy atom. The zero-order chi connectivity index (χ0) is 17.7. The van der Waals surface area contributed by atoms with Gasteiger partial charge in [-0.1, -0.05) is 6.07 Å². The van der Waals surface area contributed by atoms with Gasteiger partial charge in [-0.15, -0.1) is 0 Å². The predicted molar refractivity (Wildman–Crippen MR) is 88.5 cm³/mol. The number of nitrogens with one attached hydrogen (secondary N) is 1. The Kier molecular flexibility index (Phi) is 5.43. The summed E-state index contributed by atoms with van der Waals surface area (Å²) in [5.74, 6) is -0.468. The van der Waals surface area contributed by atoms with Crippen molar-refractivity contribution in [2.45, 2.75) is 13.0 Å². The van der Waals surface area contributed by atoms with E-state index in [2.05, 4.69) is 10.3 Å². The zero-order valence-corrected chi connectivity index (χ0v) is 13.6. The van der Waals surface area contributed by atoms with Gasteiger partial charge in [0.1, 0.15) is 5.69 Å². The number of nitro groups is 1. The molecule has 0 radical (unpaired) electrons. The lowest BCUT2D eigenvalue weighted by molar-refractivity contribution is -0.384. The molecule has 1 atom stereocenters. The molecule has 0 aliphatic heterocycles. The van der Waals surface area contributed by atoms with Crippen LogP contribution < -0.4 is 5.32 Å². The first-order valence-corrected chi connectivity index (χ1v) is 7.22. The molecule has 24 heavy (non-hydrogen) atoms. The Morgan fingerprint density at radius 3 is 2.71 bits per heavy atom. The van der Waals surface area contributed by atoms with Crippen LogP contribution in [-0.2, 0) is 4.84 Å². The molecule has 1 heterocycles. The van der Waals surface area contributed by atoms with Crippen molar-refractivity contribution >= 4 is 17.3 Å². The number of rotatable bonds is 6. The molecule has 126 valence electrons. The average molecular weight is 330 g/mol. The summed E-state index contributed by atoms with van der Waals surface area (Å²) in [5.41, 5.74) is 1.05. The highest BCUT2D eigenvalue weighted by molar-refractivity contribution is 5.95. The Bertz CT molecular complexity index is 736. The van der Waals surface area contributed by atoms with Crippen molar-refractivity contribution in [1.82, 2.24) is 10.0 Å². The van der Waals surface area contributed by atoms with Crippen LogP contribution in [0.25, 0.3) is 0 Å². The number of carbonyl (C=O) groups excluding carboxylic acids is 1. The SMILES string of the molecule is CON(C)C(=O)c1ccc(NC(C)c2ccccn2)c([N+](=O)[O-])c1. The Labute approximate surface area is 139 Å². The van der Waals surface area contributed by atoms with Crippen molar-refractivity contribution in [1.29, 1.82) is 0 Å². The van der Waals surface area contributed by atoms with Crippen LogP contribution in [0.1, 0.15) is 29.0 Å². The van der Waals surface area contributed by atoms with Crippen LogP contribution in [0.2, 0.25) is 0 Å². The fourth-order valence-electron chi connectivity index (χ4n) is 2.14. The summed E-state index contributed by atoms with van der Waals surface area (Å²) in [7, 11) is 2.78. The molecule has 1 aromatic carbocycles. The Balaban J connectivity index is 2.30. The van der Waals surface area contributed by atoms with Crippen LogP contribution in [0.3, 0.4) is 0 Å². The first kappa shape index (κ1) is 17.4. The molecule has 0 saturated heterocycles. The maximum atomic E-state index is 12.1. The fourth-order valence-corrected chi connectivity index (χ4v) is 2.14. The van der Waals surface area contributed by atoms with Crippen molar-refractivity contribution in [3.8, 4) is 0 Å². The van der Waals surface area contributed by atoms with Gasteiger partial charge in [0.25, 0.3) is 11.6 Å². The van der Waals surface area contributed by atoms with Crippen LogP contribution in [0.4, 0.5) is 11.4 Å². The standard InChI is InChI=1S/C16H18N4O4/c1-11(13-6-4-5-9-17-13)18-14-8-7-12(10-15(14)20(22)23)16(21)19(2)24-3/h4-11,18H,1-3H3. The summed E-state index contributed by atoms with van der Waals surface area (Å²) in [5, 5.41) is 15.4. The molecule has 2 aromatic rings. The summed E-state index contributed by atoms with van der Waals surface area (Å²) in [6.45, 7) is 1.85. The number of nitrogens with zero attached hydrogens (tertiary/aromatic N) is 3. The van der Waals surface area contributed by atoms with E-state index in [1.807, 2.05) is 19.1 Å². The van der Waals surface area contributed by atoms with Crippen molar-refractivity contribution in [2.75, 3.05) is 19.5 Å². The molecule has 2 rings (SSSR count). The molecule has 1 aromatic heterocycles. The number of pyridine rings is 1. The fraction of sp³-hybridized carbons (Fsp3) is 0.250. The van der Waals surface area contributed by atoms with E-state index in [0.29, 0.717) is 5.69 Å². The van der Waals surface area contributed by atoms with Gasteiger partial charge in [0.2, 0.25) is 0 Å². The quantitative estimate of drug-likeness (QED) is 0.646. The molecule has 1 amide bonds. The van der Waals surface area contributed by atoms with Crippen LogP contribution in [-0.4, -0.2) is 35.0 Å². The highest BCUT2D eigenvalue weighted by atomic mass is 16.7.